The van der Waals surface area contributed by atoms with Crippen molar-refractivity contribution in [3.05, 3.63) is 34.9 Å². The maximum atomic E-state index is 13.9. The summed E-state index contributed by atoms with van der Waals surface area (Å²) in [6, 6.07) is 2.32. The van der Waals surface area contributed by atoms with Gasteiger partial charge in [-0.2, -0.15) is 0 Å². The van der Waals surface area contributed by atoms with E-state index in [1.807, 2.05) is 0 Å². The highest BCUT2D eigenvalue weighted by atomic mass is 19.1. The fraction of sp³-hybridized carbons (Fsp3) is 0.417. The maximum absolute atomic E-state index is 13.9. The van der Waals surface area contributed by atoms with Crippen molar-refractivity contribution in [2.45, 2.75) is 31.3 Å². The van der Waals surface area contributed by atoms with Crippen LogP contribution in [0.15, 0.2) is 12.1 Å². The molecular formula is C12H12F2O3. The van der Waals surface area contributed by atoms with Gasteiger partial charge in [-0.3, -0.25) is 4.79 Å². The van der Waals surface area contributed by atoms with Crippen molar-refractivity contribution >= 4 is 5.97 Å². The number of hydrogen-bond donors (Lipinski definition) is 2. The third-order valence-corrected chi connectivity index (χ3v) is 3.34. The first kappa shape index (κ1) is 12.0. The summed E-state index contributed by atoms with van der Waals surface area (Å²) in [5.41, 5.74) is -1.86. The summed E-state index contributed by atoms with van der Waals surface area (Å²) in [6.45, 7) is 1.45. The van der Waals surface area contributed by atoms with E-state index in [0.717, 1.165) is 6.07 Å². The molecule has 0 unspecified atom stereocenters. The molecule has 0 atom stereocenters. The lowest BCUT2D eigenvalue weighted by atomic mass is 9.62. The van der Waals surface area contributed by atoms with E-state index in [2.05, 4.69) is 0 Å². The van der Waals surface area contributed by atoms with Crippen LogP contribution >= 0.6 is 0 Å². The normalized spacial score (nSPS) is 27.6. The molecule has 0 aromatic heterocycles. The Morgan fingerprint density at radius 3 is 2.47 bits per heavy atom. The lowest BCUT2D eigenvalue weighted by molar-refractivity contribution is -0.153. The van der Waals surface area contributed by atoms with Crippen molar-refractivity contribution in [3.8, 4) is 0 Å². The molecule has 1 aliphatic rings. The van der Waals surface area contributed by atoms with Crippen LogP contribution in [0.1, 0.15) is 24.0 Å². The molecule has 1 aromatic rings. The van der Waals surface area contributed by atoms with Crippen molar-refractivity contribution in [1.29, 1.82) is 0 Å². The first-order valence-electron chi connectivity index (χ1n) is 5.25. The predicted molar refractivity (Wildman–Crippen MR) is 55.6 cm³/mol. The zero-order chi connectivity index (χ0) is 12.8. The second kappa shape index (κ2) is 3.77. The van der Waals surface area contributed by atoms with Gasteiger partial charge in [0.15, 0.2) is 0 Å². The summed E-state index contributed by atoms with van der Waals surface area (Å²) < 4.78 is 27.5. The average molecular weight is 242 g/mol. The van der Waals surface area contributed by atoms with Crippen LogP contribution in [-0.2, 0) is 10.2 Å². The average Bonchev–Trinajstić information content (AvgIpc) is 2.20. The number of benzene rings is 1. The quantitative estimate of drug-likeness (QED) is 0.830. The lowest BCUT2D eigenvalue weighted by Crippen LogP contribution is -2.51. The molecule has 92 valence electrons. The number of aryl methyl sites for hydroxylation is 1. The van der Waals surface area contributed by atoms with E-state index in [-0.39, 0.29) is 18.4 Å². The Bertz CT molecular complexity index is 479. The molecule has 2 rings (SSSR count). The third-order valence-electron chi connectivity index (χ3n) is 3.34. The van der Waals surface area contributed by atoms with E-state index >= 15 is 0 Å². The third kappa shape index (κ3) is 1.61. The molecule has 0 amide bonds. The van der Waals surface area contributed by atoms with E-state index in [4.69, 9.17) is 5.11 Å². The molecule has 0 aliphatic heterocycles. The second-order valence-corrected chi connectivity index (χ2v) is 4.50. The summed E-state index contributed by atoms with van der Waals surface area (Å²) in [6.07, 6.45) is -1.12. The molecule has 1 saturated carbocycles. The summed E-state index contributed by atoms with van der Waals surface area (Å²) in [5, 5.41) is 18.4. The minimum absolute atomic E-state index is 0.153. The van der Waals surface area contributed by atoms with Crippen LogP contribution in [0, 0.1) is 18.6 Å². The van der Waals surface area contributed by atoms with Crippen LogP contribution in [0.25, 0.3) is 0 Å². The number of halogens is 2. The molecule has 17 heavy (non-hydrogen) atoms. The van der Waals surface area contributed by atoms with Crippen molar-refractivity contribution in [1.82, 2.24) is 0 Å². The van der Waals surface area contributed by atoms with Crippen molar-refractivity contribution in [3.63, 3.8) is 0 Å². The van der Waals surface area contributed by atoms with Gasteiger partial charge >= 0.3 is 5.97 Å². The van der Waals surface area contributed by atoms with Gasteiger partial charge in [0, 0.05) is 5.56 Å². The molecule has 5 heteroatoms. The van der Waals surface area contributed by atoms with Gasteiger partial charge in [0.05, 0.1) is 6.10 Å². The molecule has 0 spiro atoms. The number of aliphatic carboxylic acids is 1. The molecule has 1 aliphatic carbocycles. The van der Waals surface area contributed by atoms with Crippen molar-refractivity contribution in [2.75, 3.05) is 0 Å². The summed E-state index contributed by atoms with van der Waals surface area (Å²) >= 11 is 0. The van der Waals surface area contributed by atoms with Crippen molar-refractivity contribution < 1.29 is 23.8 Å². The smallest absolute Gasteiger partial charge is 0.314 e. The number of aliphatic hydroxyl groups is 1. The summed E-state index contributed by atoms with van der Waals surface area (Å²) in [4.78, 5) is 11.2. The number of carboxylic acid groups (broad SMARTS) is 1. The monoisotopic (exact) mass is 242 g/mol. The molecule has 0 bridgehead atoms. The number of carbonyl (C=O) groups is 1. The molecule has 0 saturated heterocycles. The Hall–Kier alpha value is -1.49. The number of aliphatic hydroxyl groups excluding tert-OH is 1. The first-order chi connectivity index (χ1) is 7.88. The van der Waals surface area contributed by atoms with Gasteiger partial charge < -0.3 is 10.2 Å². The molecule has 1 aromatic carbocycles. The fourth-order valence-corrected chi connectivity index (χ4v) is 2.33. The minimum atomic E-state index is -1.63. The first-order valence-corrected chi connectivity index (χ1v) is 5.25. The number of rotatable bonds is 2. The Morgan fingerprint density at radius 1 is 1.41 bits per heavy atom. The highest BCUT2D eigenvalue weighted by Gasteiger charge is 2.54. The summed E-state index contributed by atoms with van der Waals surface area (Å²) in [7, 11) is 0. The van der Waals surface area contributed by atoms with E-state index in [1.54, 1.807) is 0 Å². The van der Waals surface area contributed by atoms with Crippen LogP contribution in [0.4, 0.5) is 8.78 Å². The lowest BCUT2D eigenvalue weighted by Gasteiger charge is -2.42. The molecule has 3 nitrogen and oxygen atoms in total. The Morgan fingerprint density at radius 2 is 2.00 bits per heavy atom. The summed E-state index contributed by atoms with van der Waals surface area (Å²) in [5.74, 6) is -3.01. The fourth-order valence-electron chi connectivity index (χ4n) is 2.33. The Kier molecular flexibility index (Phi) is 2.66. The van der Waals surface area contributed by atoms with Gasteiger partial charge in [0.2, 0.25) is 0 Å². The van der Waals surface area contributed by atoms with Crippen LogP contribution < -0.4 is 0 Å². The standard InChI is InChI=1S/C12H12F2O3/c1-6-2-3-8(13)9(10(6)14)12(11(16)17)4-7(15)5-12/h2-3,7,15H,4-5H2,1H3,(H,16,17). The van der Waals surface area contributed by atoms with Crippen LogP contribution in [0.3, 0.4) is 0 Å². The van der Waals surface area contributed by atoms with Gasteiger partial charge in [-0.05, 0) is 31.4 Å². The molecule has 1 fully saturated rings. The second-order valence-electron chi connectivity index (χ2n) is 4.50. The van der Waals surface area contributed by atoms with Crippen molar-refractivity contribution in [2.24, 2.45) is 0 Å². The van der Waals surface area contributed by atoms with Crippen LogP contribution in [0.2, 0.25) is 0 Å². The van der Waals surface area contributed by atoms with Gasteiger partial charge in [-0.1, -0.05) is 6.07 Å². The van der Waals surface area contributed by atoms with Gasteiger partial charge in [-0.15, -0.1) is 0 Å². The number of hydrogen-bond acceptors (Lipinski definition) is 2. The SMILES string of the molecule is Cc1ccc(F)c(C2(C(=O)O)CC(O)C2)c1F. The molecule has 0 radical (unpaired) electrons. The van der Waals surface area contributed by atoms with Gasteiger partial charge in [0.1, 0.15) is 17.0 Å². The maximum Gasteiger partial charge on any atom is 0.314 e. The zero-order valence-corrected chi connectivity index (χ0v) is 9.20. The Balaban J connectivity index is 2.59. The van der Waals surface area contributed by atoms with Crippen LogP contribution in [0.5, 0.6) is 0 Å². The molecule has 0 heterocycles. The molecular weight excluding hydrogens is 230 g/mol. The van der Waals surface area contributed by atoms with E-state index in [9.17, 15) is 18.7 Å². The van der Waals surface area contributed by atoms with Crippen LogP contribution in [-0.4, -0.2) is 22.3 Å². The van der Waals surface area contributed by atoms with E-state index in [1.165, 1.54) is 13.0 Å². The highest BCUT2D eigenvalue weighted by molar-refractivity contribution is 5.83. The highest BCUT2D eigenvalue weighted by Crippen LogP contribution is 2.46. The largest absolute Gasteiger partial charge is 0.481 e. The molecule has 2 N–H and O–H groups in total. The topological polar surface area (TPSA) is 57.5 Å². The van der Waals surface area contributed by atoms with Gasteiger partial charge in [-0.25, -0.2) is 8.78 Å². The minimum Gasteiger partial charge on any atom is -0.481 e. The van der Waals surface area contributed by atoms with Gasteiger partial charge in [0.25, 0.3) is 0 Å². The predicted octanol–water partition coefficient (Wildman–Crippen LogP) is 1.75. The van der Waals surface area contributed by atoms with E-state index in [0.29, 0.717) is 0 Å². The van der Waals surface area contributed by atoms with E-state index < -0.39 is 34.7 Å². The zero-order valence-electron chi connectivity index (χ0n) is 9.20. The Labute approximate surface area is 96.7 Å². The number of carboxylic acids is 1.